The monoisotopic (exact) mass is 1080 g/mol. The maximum atomic E-state index is 5.40. The van der Waals surface area contributed by atoms with Crippen LogP contribution >= 0.6 is 8.58 Å². The Labute approximate surface area is 481 Å². The van der Waals surface area contributed by atoms with E-state index in [9.17, 15) is 0 Å². The van der Waals surface area contributed by atoms with Gasteiger partial charge in [0.2, 0.25) is 0 Å². The second kappa shape index (κ2) is 20.2. The zero-order chi connectivity index (χ0) is 54.8. The number of fused-ring (bicyclic) bond motifs is 12. The third kappa shape index (κ3) is 8.33. The first-order chi connectivity index (χ1) is 41.2. The fourth-order valence-electron chi connectivity index (χ4n) is 12.4. The number of allylic oxidation sites excluding steroid dienone is 2. The normalized spacial score (nSPS) is 13.8. The topological polar surface area (TPSA) is 87.2 Å². The summed E-state index contributed by atoms with van der Waals surface area (Å²) in [6, 6.07) is 87.8. The van der Waals surface area contributed by atoms with Crippen LogP contribution in [-0.2, 0) is 0 Å². The van der Waals surface area contributed by atoms with Crippen LogP contribution in [0, 0.1) is 5.92 Å². The third-order valence-corrected chi connectivity index (χ3v) is 17.3. The van der Waals surface area contributed by atoms with Crippen LogP contribution in [0.15, 0.2) is 261 Å². The molecule has 10 aromatic carbocycles. The SMILES string of the molecule is C1=CC2C=Cc3c1c1ccccc1n3-c1c(cccc1-c1ccccc1-c1ccccc1-c1cccc(-c3nc(-c4ccccc4)nc(-c4ccccc4)n3)c1-n1c3ccccc3c3ccccc31)-c1nc(nc(-c3ccccc3)n1)PC2. The number of para-hydroxylation sites is 5. The molecule has 5 heterocycles. The van der Waals surface area contributed by atoms with Gasteiger partial charge < -0.3 is 9.13 Å². The molecule has 1 aliphatic carbocycles. The Bertz CT molecular complexity index is 4820. The van der Waals surface area contributed by atoms with Crippen molar-refractivity contribution in [1.82, 2.24) is 39.0 Å². The van der Waals surface area contributed by atoms with Crippen molar-refractivity contribution < 1.29 is 0 Å². The molecule has 2 unspecified atom stereocenters. The van der Waals surface area contributed by atoms with Gasteiger partial charge in [0.25, 0.3) is 0 Å². The molecule has 1 aliphatic heterocycles. The largest absolute Gasteiger partial charge is 0.308 e. The highest BCUT2D eigenvalue weighted by molar-refractivity contribution is 7.46. The van der Waals surface area contributed by atoms with Crippen molar-refractivity contribution in [3.8, 4) is 102 Å². The van der Waals surface area contributed by atoms with Gasteiger partial charge in [0.05, 0.1) is 33.6 Å². The summed E-state index contributed by atoms with van der Waals surface area (Å²) >= 11 is 0. The van der Waals surface area contributed by atoms with Crippen molar-refractivity contribution in [3.05, 3.63) is 272 Å². The van der Waals surface area contributed by atoms with E-state index in [-0.39, 0.29) is 5.92 Å². The van der Waals surface area contributed by atoms with Gasteiger partial charge in [-0.2, -0.15) is 0 Å². The lowest BCUT2D eigenvalue weighted by molar-refractivity contribution is 0.965. The first-order valence-corrected chi connectivity index (χ1v) is 29.3. The standard InChI is InChI=1S/C74H49N8P/c1-4-22-48(23-5-1)69-75-70(49-24-6-2-7-25-49)77-72(76-69)61-37-20-35-59(67(61)81-63-39-17-14-32-55(63)56-33-15-18-40-64(56)81)53-30-12-10-28-51(53)52-29-11-13-31-54(52)60-36-21-38-62-68(60)82-65-41-19-16-34-57(65)58-44-42-47(43-45-66(58)82)46-83-74-79-71(78-73(62)80-74)50-26-8-3-9-27-50/h1-45,47,83H,46H2. The molecule has 0 radical (unpaired) electrons. The van der Waals surface area contributed by atoms with Crippen LogP contribution in [0.1, 0.15) is 11.3 Å². The minimum Gasteiger partial charge on any atom is -0.308 e. The molecule has 83 heavy (non-hydrogen) atoms. The summed E-state index contributed by atoms with van der Waals surface area (Å²) in [5.74, 6) is 3.28. The van der Waals surface area contributed by atoms with Gasteiger partial charge in [-0.15, -0.1) is 0 Å². The molecule has 4 bridgehead atoms. The van der Waals surface area contributed by atoms with E-state index in [2.05, 4.69) is 228 Å². The number of hydrogen-bond acceptors (Lipinski definition) is 6. The zero-order valence-corrected chi connectivity index (χ0v) is 45.8. The molecule has 0 saturated heterocycles. The highest BCUT2D eigenvalue weighted by Crippen LogP contribution is 2.48. The Balaban J connectivity index is 0.974. The van der Waals surface area contributed by atoms with Gasteiger partial charge in [-0.05, 0) is 79.3 Å². The van der Waals surface area contributed by atoms with Gasteiger partial charge in [0, 0.05) is 60.7 Å². The molecule has 0 N–H and O–H groups in total. The molecule has 14 aromatic rings. The van der Waals surface area contributed by atoms with E-state index < -0.39 is 0 Å². The molecule has 0 amide bonds. The maximum absolute atomic E-state index is 5.40. The van der Waals surface area contributed by atoms with Crippen LogP contribution in [0.4, 0.5) is 0 Å². The fraction of sp³-hybridized carbons (Fsp3) is 0.0270. The molecule has 9 heteroatoms. The van der Waals surface area contributed by atoms with Crippen molar-refractivity contribution in [3.63, 3.8) is 0 Å². The number of aromatic nitrogens is 8. The predicted molar refractivity (Wildman–Crippen MR) is 342 cm³/mol. The number of benzene rings is 10. The summed E-state index contributed by atoms with van der Waals surface area (Å²) in [6.07, 6.45) is 10.3. The predicted octanol–water partition coefficient (Wildman–Crippen LogP) is 17.4. The lowest BCUT2D eigenvalue weighted by Crippen LogP contribution is -2.15. The average Bonchev–Trinajstić information content (AvgIpc) is 2.16. The Hall–Kier alpha value is -10.5. The second-order valence-electron chi connectivity index (χ2n) is 21.0. The number of hydrogen-bond donors (Lipinski definition) is 0. The van der Waals surface area contributed by atoms with Crippen molar-refractivity contribution in [2.24, 2.45) is 5.92 Å². The molecular formula is C74H49N8P. The van der Waals surface area contributed by atoms with Crippen LogP contribution < -0.4 is 5.57 Å². The maximum Gasteiger partial charge on any atom is 0.166 e. The number of nitrogens with zero attached hydrogens (tertiary/aromatic N) is 8. The summed E-state index contributed by atoms with van der Waals surface area (Å²) < 4.78 is 4.88. The van der Waals surface area contributed by atoms with Gasteiger partial charge in [-0.1, -0.05) is 237 Å². The molecule has 8 nitrogen and oxygen atoms in total. The Morgan fingerprint density at radius 2 is 0.663 bits per heavy atom. The van der Waals surface area contributed by atoms with Crippen LogP contribution in [0.2, 0.25) is 0 Å². The zero-order valence-electron chi connectivity index (χ0n) is 44.8. The van der Waals surface area contributed by atoms with Crippen LogP contribution in [0.5, 0.6) is 0 Å². The van der Waals surface area contributed by atoms with Gasteiger partial charge in [0.15, 0.2) is 34.7 Å². The first-order valence-electron chi connectivity index (χ1n) is 28.1. The third-order valence-electron chi connectivity index (χ3n) is 16.1. The number of rotatable bonds is 8. The Morgan fingerprint density at radius 3 is 1.19 bits per heavy atom. The van der Waals surface area contributed by atoms with Crippen molar-refractivity contribution in [2.75, 3.05) is 6.16 Å². The summed E-state index contributed by atoms with van der Waals surface area (Å²) in [5, 5.41) is 3.50. The second-order valence-corrected chi connectivity index (χ2v) is 22.2. The van der Waals surface area contributed by atoms with Gasteiger partial charge in [0.1, 0.15) is 0 Å². The first kappa shape index (κ1) is 48.4. The lowest BCUT2D eigenvalue weighted by Gasteiger charge is -2.23. The molecule has 16 rings (SSSR count). The Kier molecular flexibility index (Phi) is 11.8. The van der Waals surface area contributed by atoms with E-state index in [0.717, 1.165) is 117 Å². The summed E-state index contributed by atoms with van der Waals surface area (Å²) in [7, 11) is 0.372. The van der Waals surface area contributed by atoms with Crippen LogP contribution in [0.3, 0.4) is 0 Å². The fourth-order valence-corrected chi connectivity index (χ4v) is 13.4. The van der Waals surface area contributed by atoms with E-state index in [4.69, 9.17) is 29.9 Å². The summed E-state index contributed by atoms with van der Waals surface area (Å²) in [5.41, 5.74) is 19.2. The molecule has 390 valence electrons. The minimum atomic E-state index is 0.201. The Morgan fingerprint density at radius 1 is 0.301 bits per heavy atom. The summed E-state index contributed by atoms with van der Waals surface area (Å²) in [6.45, 7) is 0. The van der Waals surface area contributed by atoms with E-state index in [1.807, 2.05) is 54.6 Å². The molecule has 0 spiro atoms. The highest BCUT2D eigenvalue weighted by atomic mass is 31.1. The minimum absolute atomic E-state index is 0.201. The quantitative estimate of drug-likeness (QED) is 0.141. The highest BCUT2D eigenvalue weighted by Gasteiger charge is 2.29. The molecule has 0 fully saturated rings. The van der Waals surface area contributed by atoms with Gasteiger partial charge in [-0.3, -0.25) is 0 Å². The molecule has 2 aliphatic rings. The van der Waals surface area contributed by atoms with Gasteiger partial charge in [-0.25, -0.2) is 29.9 Å². The van der Waals surface area contributed by atoms with Crippen LogP contribution in [0.25, 0.3) is 147 Å². The molecular weight excluding hydrogens is 1030 g/mol. The van der Waals surface area contributed by atoms with E-state index >= 15 is 0 Å². The molecule has 2 atom stereocenters. The van der Waals surface area contributed by atoms with Crippen molar-refractivity contribution >= 4 is 59.0 Å². The van der Waals surface area contributed by atoms with Gasteiger partial charge >= 0.3 is 0 Å². The van der Waals surface area contributed by atoms with Crippen LogP contribution in [-0.4, -0.2) is 45.2 Å². The lowest BCUT2D eigenvalue weighted by atomic mass is 9.87. The van der Waals surface area contributed by atoms with E-state index in [0.29, 0.717) is 37.7 Å². The molecule has 4 aromatic heterocycles. The smallest absolute Gasteiger partial charge is 0.166 e. The van der Waals surface area contributed by atoms with E-state index in [1.165, 1.54) is 10.9 Å². The molecule has 0 saturated carbocycles. The van der Waals surface area contributed by atoms with E-state index in [1.54, 1.807) is 0 Å². The average molecular weight is 1080 g/mol. The van der Waals surface area contributed by atoms with Crippen molar-refractivity contribution in [2.45, 2.75) is 0 Å². The van der Waals surface area contributed by atoms with Crippen molar-refractivity contribution in [1.29, 1.82) is 0 Å². The summed E-state index contributed by atoms with van der Waals surface area (Å²) in [4.78, 5) is 31.9.